The summed E-state index contributed by atoms with van der Waals surface area (Å²) in [5.74, 6) is 2.02. The molecule has 0 aromatic heterocycles. The largest absolute Gasteiger partial charge is 0.497 e. The number of rotatable bonds is 8. The van der Waals surface area contributed by atoms with Gasteiger partial charge in [0.25, 0.3) is 0 Å². The van der Waals surface area contributed by atoms with Gasteiger partial charge in [-0.2, -0.15) is 0 Å². The monoisotopic (exact) mass is 344 g/mol. The van der Waals surface area contributed by atoms with Gasteiger partial charge in [0.1, 0.15) is 5.75 Å². The molecule has 2 rings (SSSR count). The molecule has 134 valence electrons. The van der Waals surface area contributed by atoms with Crippen LogP contribution in [0.25, 0.3) is 0 Å². The van der Waals surface area contributed by atoms with Crippen LogP contribution in [-0.2, 0) is 6.54 Å². The van der Waals surface area contributed by atoms with Crippen molar-refractivity contribution in [1.82, 2.24) is 5.32 Å². The molecule has 0 aliphatic heterocycles. The van der Waals surface area contributed by atoms with Gasteiger partial charge in [-0.3, -0.25) is 0 Å². The Kier molecular flexibility index (Phi) is 6.95. The molecule has 0 aliphatic carbocycles. The van der Waals surface area contributed by atoms with Crippen LogP contribution >= 0.6 is 0 Å². The Morgan fingerprint density at radius 3 is 2.48 bits per heavy atom. The van der Waals surface area contributed by atoms with E-state index in [9.17, 15) is 4.79 Å². The van der Waals surface area contributed by atoms with Gasteiger partial charge in [0.2, 0.25) is 0 Å². The molecule has 0 aliphatic rings. The van der Waals surface area contributed by atoms with Gasteiger partial charge in [-0.25, -0.2) is 4.79 Å². The van der Waals surface area contributed by atoms with Crippen molar-refractivity contribution >= 4 is 11.7 Å². The van der Waals surface area contributed by atoms with Crippen LogP contribution in [0.2, 0.25) is 0 Å². The first kappa shape index (κ1) is 18.4. The fourth-order valence-corrected chi connectivity index (χ4v) is 2.27. The Morgan fingerprint density at radius 2 is 1.76 bits per heavy atom. The van der Waals surface area contributed by atoms with E-state index >= 15 is 0 Å². The zero-order valence-electron chi connectivity index (χ0n) is 14.8. The first-order chi connectivity index (χ1) is 12.2. The van der Waals surface area contributed by atoms with Crippen LogP contribution in [0.1, 0.15) is 19.4 Å². The molecule has 0 saturated heterocycles. The SMILES string of the molecule is CCOc1ccc(NC(=O)NCc2cccc(OC)c2)cc1OCC. The molecular weight excluding hydrogens is 320 g/mol. The first-order valence-electron chi connectivity index (χ1n) is 8.23. The number of hydrogen-bond acceptors (Lipinski definition) is 4. The fraction of sp³-hybridized carbons (Fsp3) is 0.316. The van der Waals surface area contributed by atoms with Gasteiger partial charge >= 0.3 is 6.03 Å². The smallest absolute Gasteiger partial charge is 0.319 e. The minimum Gasteiger partial charge on any atom is -0.497 e. The van der Waals surface area contributed by atoms with Gasteiger partial charge in [0.05, 0.1) is 20.3 Å². The highest BCUT2D eigenvalue weighted by molar-refractivity contribution is 5.89. The second-order valence-electron chi connectivity index (χ2n) is 5.19. The summed E-state index contributed by atoms with van der Waals surface area (Å²) in [6.07, 6.45) is 0. The highest BCUT2D eigenvalue weighted by atomic mass is 16.5. The number of amides is 2. The molecule has 0 unspecified atom stereocenters. The molecule has 0 heterocycles. The maximum atomic E-state index is 12.1. The van der Waals surface area contributed by atoms with Crippen LogP contribution in [0.3, 0.4) is 0 Å². The molecule has 6 heteroatoms. The molecule has 0 fully saturated rings. The lowest BCUT2D eigenvalue weighted by Gasteiger charge is -2.13. The van der Waals surface area contributed by atoms with E-state index in [1.807, 2.05) is 38.1 Å². The van der Waals surface area contributed by atoms with E-state index in [1.165, 1.54) is 0 Å². The highest BCUT2D eigenvalue weighted by Gasteiger charge is 2.08. The van der Waals surface area contributed by atoms with Crippen molar-refractivity contribution < 1.29 is 19.0 Å². The van der Waals surface area contributed by atoms with E-state index in [4.69, 9.17) is 14.2 Å². The van der Waals surface area contributed by atoms with Gasteiger partial charge in [0.15, 0.2) is 11.5 Å². The summed E-state index contributed by atoms with van der Waals surface area (Å²) in [7, 11) is 1.61. The van der Waals surface area contributed by atoms with E-state index in [1.54, 1.807) is 25.3 Å². The van der Waals surface area contributed by atoms with Crippen molar-refractivity contribution in [3.8, 4) is 17.2 Å². The van der Waals surface area contributed by atoms with Crippen molar-refractivity contribution in [2.45, 2.75) is 20.4 Å². The molecule has 6 nitrogen and oxygen atoms in total. The molecule has 0 saturated carbocycles. The van der Waals surface area contributed by atoms with Crippen molar-refractivity contribution in [3.05, 3.63) is 48.0 Å². The topological polar surface area (TPSA) is 68.8 Å². The summed E-state index contributed by atoms with van der Waals surface area (Å²) >= 11 is 0. The summed E-state index contributed by atoms with van der Waals surface area (Å²) in [4.78, 5) is 12.1. The van der Waals surface area contributed by atoms with Crippen molar-refractivity contribution in [2.24, 2.45) is 0 Å². The lowest BCUT2D eigenvalue weighted by Crippen LogP contribution is -2.28. The van der Waals surface area contributed by atoms with Crippen LogP contribution in [0, 0.1) is 0 Å². The molecule has 2 N–H and O–H groups in total. The van der Waals surface area contributed by atoms with Crippen LogP contribution in [-0.4, -0.2) is 26.4 Å². The Hall–Kier alpha value is -2.89. The number of benzene rings is 2. The fourth-order valence-electron chi connectivity index (χ4n) is 2.27. The number of nitrogens with one attached hydrogen (secondary N) is 2. The number of carbonyl (C=O) groups excluding carboxylic acids is 1. The van der Waals surface area contributed by atoms with E-state index in [-0.39, 0.29) is 6.03 Å². The third-order valence-electron chi connectivity index (χ3n) is 3.39. The maximum Gasteiger partial charge on any atom is 0.319 e. The van der Waals surface area contributed by atoms with Gasteiger partial charge in [-0.05, 0) is 43.7 Å². The summed E-state index contributed by atoms with van der Waals surface area (Å²) in [6, 6.07) is 12.6. The second kappa shape index (κ2) is 9.42. The third kappa shape index (κ3) is 5.60. The van der Waals surface area contributed by atoms with Crippen LogP contribution in [0.4, 0.5) is 10.5 Å². The Labute approximate surface area is 148 Å². The van der Waals surface area contributed by atoms with Gasteiger partial charge < -0.3 is 24.8 Å². The molecule has 25 heavy (non-hydrogen) atoms. The Morgan fingerprint density at radius 1 is 1.00 bits per heavy atom. The number of urea groups is 1. The Bertz CT molecular complexity index is 704. The number of anilines is 1. The predicted octanol–water partition coefficient (Wildman–Crippen LogP) is 3.81. The van der Waals surface area contributed by atoms with Gasteiger partial charge in [-0.1, -0.05) is 12.1 Å². The predicted molar refractivity (Wildman–Crippen MR) is 97.6 cm³/mol. The zero-order chi connectivity index (χ0) is 18.1. The minimum atomic E-state index is -0.297. The number of hydrogen-bond donors (Lipinski definition) is 2. The van der Waals surface area contributed by atoms with Gasteiger partial charge in [0, 0.05) is 18.3 Å². The number of ether oxygens (including phenoxy) is 3. The second-order valence-corrected chi connectivity index (χ2v) is 5.19. The van der Waals surface area contributed by atoms with Crippen molar-refractivity contribution in [2.75, 3.05) is 25.6 Å². The van der Waals surface area contributed by atoms with Crippen LogP contribution < -0.4 is 24.8 Å². The molecule has 0 radical (unpaired) electrons. The number of methoxy groups -OCH3 is 1. The molecular formula is C19H24N2O4. The van der Waals surface area contributed by atoms with Crippen LogP contribution in [0.5, 0.6) is 17.2 Å². The number of carbonyl (C=O) groups is 1. The summed E-state index contributed by atoms with van der Waals surface area (Å²) in [5.41, 5.74) is 1.59. The quantitative estimate of drug-likeness (QED) is 0.764. The summed E-state index contributed by atoms with van der Waals surface area (Å²) in [5, 5.41) is 5.60. The molecule has 0 atom stereocenters. The molecule has 0 bridgehead atoms. The average molecular weight is 344 g/mol. The molecule has 2 aromatic rings. The van der Waals surface area contributed by atoms with Crippen molar-refractivity contribution in [1.29, 1.82) is 0 Å². The summed E-state index contributed by atoms with van der Waals surface area (Å²) < 4.78 is 16.2. The third-order valence-corrected chi connectivity index (χ3v) is 3.39. The average Bonchev–Trinajstić information content (AvgIpc) is 2.63. The molecule has 2 amide bonds. The zero-order valence-corrected chi connectivity index (χ0v) is 14.8. The molecule has 2 aromatic carbocycles. The Balaban J connectivity index is 1.96. The molecule has 0 spiro atoms. The first-order valence-corrected chi connectivity index (χ1v) is 8.23. The minimum absolute atomic E-state index is 0.297. The van der Waals surface area contributed by atoms with E-state index in [2.05, 4.69) is 10.6 Å². The van der Waals surface area contributed by atoms with Crippen molar-refractivity contribution in [3.63, 3.8) is 0 Å². The lowest BCUT2D eigenvalue weighted by molar-refractivity contribution is 0.251. The standard InChI is InChI=1S/C19H24N2O4/c1-4-24-17-10-9-15(12-18(17)25-5-2)21-19(22)20-13-14-7-6-8-16(11-14)23-3/h6-12H,4-5,13H2,1-3H3,(H2,20,21,22). The summed E-state index contributed by atoms with van der Waals surface area (Å²) in [6.45, 7) is 5.28. The highest BCUT2D eigenvalue weighted by Crippen LogP contribution is 2.30. The van der Waals surface area contributed by atoms with E-state index in [0.29, 0.717) is 36.9 Å². The van der Waals surface area contributed by atoms with Gasteiger partial charge in [-0.15, -0.1) is 0 Å². The van der Waals surface area contributed by atoms with E-state index < -0.39 is 0 Å². The normalized spacial score (nSPS) is 10.0. The lowest BCUT2D eigenvalue weighted by atomic mass is 10.2. The maximum absolute atomic E-state index is 12.1. The van der Waals surface area contributed by atoms with Crippen LogP contribution in [0.15, 0.2) is 42.5 Å². The van der Waals surface area contributed by atoms with E-state index in [0.717, 1.165) is 11.3 Å².